The fraction of sp³-hybridized carbons (Fsp3) is 0.625. The first-order chi connectivity index (χ1) is 9.32. The van der Waals surface area contributed by atoms with Crippen molar-refractivity contribution >= 4 is 12.6 Å². The Morgan fingerprint density at radius 2 is 1.70 bits per heavy atom. The maximum Gasteiger partial charge on any atom is 0.498 e. The minimum absolute atomic E-state index is 0.315. The van der Waals surface area contributed by atoms with Crippen LogP contribution < -0.4 is 10.2 Å². The van der Waals surface area contributed by atoms with Gasteiger partial charge in [0.1, 0.15) is 5.75 Å². The van der Waals surface area contributed by atoms with E-state index in [4.69, 9.17) is 14.0 Å². The Bertz CT molecular complexity index is 521. The fourth-order valence-electron chi connectivity index (χ4n) is 2.80. The second kappa shape index (κ2) is 4.50. The molecule has 0 aliphatic carbocycles. The standard InChI is InChI=1S/C16H23BO3/c1-11-8-9-13(14-12(11)7-6-10-18-14)17-19-15(2,3)16(4,5)20-17/h8-9H,6-7,10H2,1-5H3. The smallest absolute Gasteiger partial charge is 0.494 e. The molecule has 3 nitrogen and oxygen atoms in total. The molecule has 1 aromatic rings. The summed E-state index contributed by atoms with van der Waals surface area (Å²) >= 11 is 0. The highest BCUT2D eigenvalue weighted by atomic mass is 16.7. The van der Waals surface area contributed by atoms with Gasteiger partial charge in [0, 0.05) is 5.46 Å². The van der Waals surface area contributed by atoms with Crippen molar-refractivity contribution < 1.29 is 14.0 Å². The highest BCUT2D eigenvalue weighted by molar-refractivity contribution is 6.63. The normalized spacial score (nSPS) is 23.4. The first-order valence-corrected chi connectivity index (χ1v) is 7.43. The van der Waals surface area contributed by atoms with Crippen LogP contribution in [-0.4, -0.2) is 24.9 Å². The van der Waals surface area contributed by atoms with Gasteiger partial charge in [-0.3, -0.25) is 0 Å². The number of ether oxygens (including phenoxy) is 1. The van der Waals surface area contributed by atoms with E-state index in [0.29, 0.717) is 0 Å². The third-order valence-electron chi connectivity index (χ3n) is 4.85. The maximum atomic E-state index is 6.15. The van der Waals surface area contributed by atoms with Gasteiger partial charge in [-0.15, -0.1) is 0 Å². The van der Waals surface area contributed by atoms with E-state index in [2.05, 4.69) is 46.8 Å². The van der Waals surface area contributed by atoms with Crippen LogP contribution in [-0.2, 0) is 15.7 Å². The van der Waals surface area contributed by atoms with Gasteiger partial charge < -0.3 is 14.0 Å². The third-order valence-corrected chi connectivity index (χ3v) is 4.85. The van der Waals surface area contributed by atoms with Crippen LogP contribution in [0.2, 0.25) is 0 Å². The molecule has 2 aliphatic rings. The monoisotopic (exact) mass is 274 g/mol. The summed E-state index contributed by atoms with van der Waals surface area (Å²) in [5.74, 6) is 0.981. The summed E-state index contributed by atoms with van der Waals surface area (Å²) in [6, 6.07) is 4.23. The highest BCUT2D eigenvalue weighted by Gasteiger charge is 2.52. The Kier molecular flexibility index (Phi) is 3.14. The van der Waals surface area contributed by atoms with E-state index in [1.807, 2.05) is 0 Å². The van der Waals surface area contributed by atoms with Crippen LogP contribution in [0.5, 0.6) is 5.75 Å². The van der Waals surface area contributed by atoms with Crippen molar-refractivity contribution in [3.8, 4) is 5.75 Å². The summed E-state index contributed by atoms with van der Waals surface area (Å²) in [4.78, 5) is 0. The zero-order valence-corrected chi connectivity index (χ0v) is 13.1. The lowest BCUT2D eigenvalue weighted by Crippen LogP contribution is -2.41. The molecule has 1 saturated heterocycles. The highest BCUT2D eigenvalue weighted by Crippen LogP contribution is 2.38. The molecule has 0 atom stereocenters. The van der Waals surface area contributed by atoms with Gasteiger partial charge in [0.2, 0.25) is 0 Å². The summed E-state index contributed by atoms with van der Waals surface area (Å²) < 4.78 is 18.2. The molecular weight excluding hydrogens is 251 g/mol. The molecule has 0 saturated carbocycles. The summed E-state index contributed by atoms with van der Waals surface area (Å²) in [6.07, 6.45) is 2.16. The zero-order valence-electron chi connectivity index (χ0n) is 13.1. The van der Waals surface area contributed by atoms with Crippen LogP contribution >= 0.6 is 0 Å². The van der Waals surface area contributed by atoms with Gasteiger partial charge in [0.15, 0.2) is 0 Å². The molecule has 0 spiro atoms. The number of hydrogen-bond donors (Lipinski definition) is 0. The molecule has 20 heavy (non-hydrogen) atoms. The number of fused-ring (bicyclic) bond motifs is 1. The molecule has 4 heteroatoms. The van der Waals surface area contributed by atoms with Crippen LogP contribution in [0.3, 0.4) is 0 Å². The Labute approximate surface area is 121 Å². The Morgan fingerprint density at radius 1 is 1.05 bits per heavy atom. The summed E-state index contributed by atoms with van der Waals surface area (Å²) in [6.45, 7) is 11.2. The van der Waals surface area contributed by atoms with E-state index in [9.17, 15) is 0 Å². The molecule has 0 aromatic heterocycles. The van der Waals surface area contributed by atoms with Crippen LogP contribution in [0.25, 0.3) is 0 Å². The van der Waals surface area contributed by atoms with Crippen molar-refractivity contribution in [2.24, 2.45) is 0 Å². The summed E-state index contributed by atoms with van der Waals surface area (Å²) in [5.41, 5.74) is 3.00. The van der Waals surface area contributed by atoms with E-state index in [1.165, 1.54) is 11.1 Å². The van der Waals surface area contributed by atoms with Crippen molar-refractivity contribution in [2.75, 3.05) is 6.61 Å². The molecule has 2 heterocycles. The number of rotatable bonds is 1. The predicted octanol–water partition coefficient (Wildman–Crippen LogP) is 2.62. The largest absolute Gasteiger partial charge is 0.498 e. The first kappa shape index (κ1) is 14.0. The molecule has 1 fully saturated rings. The Morgan fingerprint density at radius 3 is 2.35 bits per heavy atom. The lowest BCUT2D eigenvalue weighted by Gasteiger charge is -2.32. The second-order valence-corrected chi connectivity index (χ2v) is 6.82. The zero-order chi connectivity index (χ0) is 14.5. The molecule has 0 unspecified atom stereocenters. The van der Waals surface area contributed by atoms with Crippen molar-refractivity contribution in [3.05, 3.63) is 23.3 Å². The van der Waals surface area contributed by atoms with Crippen molar-refractivity contribution in [3.63, 3.8) is 0 Å². The molecular formula is C16H23BO3. The van der Waals surface area contributed by atoms with Gasteiger partial charge in [0.25, 0.3) is 0 Å². The second-order valence-electron chi connectivity index (χ2n) is 6.82. The minimum atomic E-state index is -0.340. The molecule has 0 radical (unpaired) electrons. The summed E-state index contributed by atoms with van der Waals surface area (Å²) in [5, 5.41) is 0. The lowest BCUT2D eigenvalue weighted by molar-refractivity contribution is 0.00578. The van der Waals surface area contributed by atoms with Gasteiger partial charge in [-0.05, 0) is 58.6 Å². The quantitative estimate of drug-likeness (QED) is 0.737. The molecule has 108 valence electrons. The average Bonchev–Trinajstić information content (AvgIpc) is 2.59. The Hall–Kier alpha value is -0.995. The van der Waals surface area contributed by atoms with Crippen molar-refractivity contribution in [2.45, 2.75) is 58.7 Å². The minimum Gasteiger partial charge on any atom is -0.494 e. The van der Waals surface area contributed by atoms with Gasteiger partial charge in [-0.1, -0.05) is 12.1 Å². The van der Waals surface area contributed by atoms with Gasteiger partial charge in [0.05, 0.1) is 17.8 Å². The third kappa shape index (κ3) is 2.06. The van der Waals surface area contributed by atoms with Crippen molar-refractivity contribution in [1.82, 2.24) is 0 Å². The molecule has 0 bridgehead atoms. The topological polar surface area (TPSA) is 27.7 Å². The fourth-order valence-corrected chi connectivity index (χ4v) is 2.80. The number of benzene rings is 1. The molecule has 0 N–H and O–H groups in total. The van der Waals surface area contributed by atoms with Crippen LogP contribution in [0.1, 0.15) is 45.2 Å². The average molecular weight is 274 g/mol. The van der Waals surface area contributed by atoms with E-state index in [-0.39, 0.29) is 18.3 Å². The summed E-state index contributed by atoms with van der Waals surface area (Å²) in [7, 11) is -0.340. The van der Waals surface area contributed by atoms with Crippen LogP contribution in [0.4, 0.5) is 0 Å². The van der Waals surface area contributed by atoms with Crippen molar-refractivity contribution in [1.29, 1.82) is 0 Å². The molecule has 0 amide bonds. The predicted molar refractivity (Wildman–Crippen MR) is 80.7 cm³/mol. The molecule has 3 rings (SSSR count). The van der Waals surface area contributed by atoms with Gasteiger partial charge in [-0.2, -0.15) is 0 Å². The maximum absolute atomic E-state index is 6.15. The van der Waals surface area contributed by atoms with Crippen LogP contribution in [0, 0.1) is 6.92 Å². The molecule has 2 aliphatic heterocycles. The van der Waals surface area contributed by atoms with E-state index in [0.717, 1.165) is 30.7 Å². The number of aryl methyl sites for hydroxylation is 1. The Balaban J connectivity index is 2.00. The van der Waals surface area contributed by atoms with E-state index >= 15 is 0 Å². The lowest BCUT2D eigenvalue weighted by atomic mass is 9.76. The van der Waals surface area contributed by atoms with Gasteiger partial charge in [-0.25, -0.2) is 0 Å². The van der Waals surface area contributed by atoms with E-state index in [1.54, 1.807) is 0 Å². The first-order valence-electron chi connectivity index (χ1n) is 7.43. The molecule has 1 aromatic carbocycles. The number of hydrogen-bond acceptors (Lipinski definition) is 3. The van der Waals surface area contributed by atoms with Crippen LogP contribution in [0.15, 0.2) is 12.1 Å². The SMILES string of the molecule is Cc1ccc(B2OC(C)(C)C(C)(C)O2)c2c1CCCO2. The van der Waals surface area contributed by atoms with Gasteiger partial charge >= 0.3 is 7.12 Å². The van der Waals surface area contributed by atoms with E-state index < -0.39 is 0 Å².